The van der Waals surface area contributed by atoms with Gasteiger partial charge in [-0.25, -0.2) is 4.79 Å². The molecule has 6 heteroatoms. The molecular weight excluding hydrogens is 318 g/mol. The maximum atomic E-state index is 12.3. The third-order valence-corrected chi connectivity index (χ3v) is 3.77. The molecule has 1 amide bonds. The van der Waals surface area contributed by atoms with E-state index in [4.69, 9.17) is 5.26 Å². The number of aryl methyl sites for hydroxylation is 1. The van der Waals surface area contributed by atoms with E-state index in [9.17, 15) is 14.7 Å². The van der Waals surface area contributed by atoms with Crippen LogP contribution in [0.15, 0.2) is 42.5 Å². The minimum atomic E-state index is -1.09. The molecule has 0 saturated carbocycles. The van der Waals surface area contributed by atoms with E-state index in [0.717, 1.165) is 5.56 Å². The van der Waals surface area contributed by atoms with Gasteiger partial charge in [0.05, 0.1) is 23.7 Å². The van der Waals surface area contributed by atoms with E-state index in [1.54, 1.807) is 36.2 Å². The number of carbonyl (C=O) groups excluding carboxylic acids is 1. The Morgan fingerprint density at radius 3 is 2.48 bits per heavy atom. The van der Waals surface area contributed by atoms with Crippen LogP contribution in [-0.4, -0.2) is 30.6 Å². The third-order valence-electron chi connectivity index (χ3n) is 3.77. The first-order valence-corrected chi connectivity index (χ1v) is 7.76. The molecule has 0 aliphatic rings. The third kappa shape index (κ3) is 4.58. The standard InChI is InChI=1S/C19H19N3O3/c1-13-4-6-14(7-5-13)18(23)21-15-8-9-17(16(12-15)19(24)25)22(2)11-3-10-20/h4-9,12H,3,11H2,1-2H3,(H,21,23)(H,24,25). The van der Waals surface area contributed by atoms with Gasteiger partial charge in [0.1, 0.15) is 0 Å². The van der Waals surface area contributed by atoms with Gasteiger partial charge in [-0.1, -0.05) is 17.7 Å². The minimum Gasteiger partial charge on any atom is -0.478 e. The van der Waals surface area contributed by atoms with Gasteiger partial charge in [-0.15, -0.1) is 0 Å². The fourth-order valence-corrected chi connectivity index (χ4v) is 2.36. The van der Waals surface area contributed by atoms with Crippen molar-refractivity contribution in [3.8, 4) is 6.07 Å². The summed E-state index contributed by atoms with van der Waals surface area (Å²) in [6.45, 7) is 2.36. The van der Waals surface area contributed by atoms with E-state index in [1.807, 2.05) is 25.1 Å². The Morgan fingerprint density at radius 1 is 1.20 bits per heavy atom. The van der Waals surface area contributed by atoms with Crippen LogP contribution in [-0.2, 0) is 0 Å². The van der Waals surface area contributed by atoms with Crippen LogP contribution < -0.4 is 10.2 Å². The Labute approximate surface area is 146 Å². The molecule has 0 aliphatic heterocycles. The zero-order valence-electron chi connectivity index (χ0n) is 14.1. The van der Waals surface area contributed by atoms with Crippen molar-refractivity contribution in [3.63, 3.8) is 0 Å². The lowest BCUT2D eigenvalue weighted by atomic mass is 10.1. The van der Waals surface area contributed by atoms with Crippen molar-refractivity contribution < 1.29 is 14.7 Å². The van der Waals surface area contributed by atoms with Crippen LogP contribution in [0.4, 0.5) is 11.4 Å². The number of rotatable bonds is 6. The molecule has 25 heavy (non-hydrogen) atoms. The van der Waals surface area contributed by atoms with E-state index in [2.05, 4.69) is 5.32 Å². The second kappa shape index (κ2) is 7.97. The van der Waals surface area contributed by atoms with Crippen LogP contribution in [0.5, 0.6) is 0 Å². The fourth-order valence-electron chi connectivity index (χ4n) is 2.36. The van der Waals surface area contributed by atoms with Gasteiger partial charge in [-0.2, -0.15) is 5.26 Å². The highest BCUT2D eigenvalue weighted by atomic mass is 16.4. The van der Waals surface area contributed by atoms with Gasteiger partial charge in [-0.3, -0.25) is 4.79 Å². The normalized spacial score (nSPS) is 9.96. The predicted molar refractivity (Wildman–Crippen MR) is 96.0 cm³/mol. The SMILES string of the molecule is Cc1ccc(C(=O)Nc2ccc(N(C)CCC#N)c(C(=O)O)c2)cc1. The fraction of sp³-hybridized carbons (Fsp3) is 0.211. The van der Waals surface area contributed by atoms with E-state index >= 15 is 0 Å². The Bertz CT molecular complexity index is 823. The number of nitriles is 1. The maximum absolute atomic E-state index is 12.3. The van der Waals surface area contributed by atoms with Gasteiger partial charge in [0.2, 0.25) is 0 Å². The summed E-state index contributed by atoms with van der Waals surface area (Å²) in [6.07, 6.45) is 0.293. The van der Waals surface area contributed by atoms with E-state index in [0.29, 0.717) is 29.9 Å². The van der Waals surface area contributed by atoms with Gasteiger partial charge in [0.15, 0.2) is 0 Å². The molecule has 0 radical (unpaired) electrons. The first-order valence-electron chi connectivity index (χ1n) is 7.76. The highest BCUT2D eigenvalue weighted by Gasteiger charge is 2.15. The molecule has 0 heterocycles. The topological polar surface area (TPSA) is 93.4 Å². The molecule has 2 N–H and O–H groups in total. The molecule has 0 spiro atoms. The number of amides is 1. The number of nitrogens with zero attached hydrogens (tertiary/aromatic N) is 2. The summed E-state index contributed by atoms with van der Waals surface area (Å²) < 4.78 is 0. The molecule has 2 aromatic carbocycles. The van der Waals surface area contributed by atoms with Crippen LogP contribution in [0.1, 0.15) is 32.7 Å². The van der Waals surface area contributed by atoms with Crippen molar-refractivity contribution in [2.24, 2.45) is 0 Å². The average molecular weight is 337 g/mol. The molecule has 0 atom stereocenters. The summed E-state index contributed by atoms with van der Waals surface area (Å²) in [4.78, 5) is 25.5. The summed E-state index contributed by atoms with van der Waals surface area (Å²) in [5, 5.41) is 20.8. The molecule has 2 rings (SSSR count). The molecule has 0 unspecified atom stereocenters. The van der Waals surface area contributed by atoms with Gasteiger partial charge < -0.3 is 15.3 Å². The van der Waals surface area contributed by atoms with E-state index in [-0.39, 0.29) is 11.5 Å². The van der Waals surface area contributed by atoms with E-state index in [1.165, 1.54) is 6.07 Å². The second-order valence-electron chi connectivity index (χ2n) is 5.69. The van der Waals surface area contributed by atoms with Crippen LogP contribution in [0, 0.1) is 18.3 Å². The lowest BCUT2D eigenvalue weighted by Gasteiger charge is -2.20. The van der Waals surface area contributed by atoms with Crippen molar-refractivity contribution in [3.05, 3.63) is 59.2 Å². The summed E-state index contributed by atoms with van der Waals surface area (Å²) in [6, 6.07) is 13.8. The first kappa shape index (κ1) is 18.0. The molecule has 0 aromatic heterocycles. The highest BCUT2D eigenvalue weighted by Crippen LogP contribution is 2.24. The zero-order valence-corrected chi connectivity index (χ0v) is 14.1. The van der Waals surface area contributed by atoms with Crippen LogP contribution in [0.25, 0.3) is 0 Å². The van der Waals surface area contributed by atoms with Crippen molar-refractivity contribution in [1.82, 2.24) is 0 Å². The summed E-state index contributed by atoms with van der Waals surface area (Å²) in [5.74, 6) is -1.40. The minimum absolute atomic E-state index is 0.0714. The lowest BCUT2D eigenvalue weighted by molar-refractivity contribution is 0.0697. The number of carbonyl (C=O) groups is 2. The van der Waals surface area contributed by atoms with Crippen molar-refractivity contribution in [1.29, 1.82) is 5.26 Å². The number of benzene rings is 2. The largest absolute Gasteiger partial charge is 0.478 e. The quantitative estimate of drug-likeness (QED) is 0.843. The van der Waals surface area contributed by atoms with Crippen molar-refractivity contribution in [2.45, 2.75) is 13.3 Å². The number of nitrogens with one attached hydrogen (secondary N) is 1. The van der Waals surface area contributed by atoms with Gasteiger partial charge in [0.25, 0.3) is 5.91 Å². The Hall–Kier alpha value is -3.33. The van der Waals surface area contributed by atoms with Crippen molar-refractivity contribution >= 4 is 23.3 Å². The maximum Gasteiger partial charge on any atom is 0.337 e. The van der Waals surface area contributed by atoms with Crippen LogP contribution in [0.3, 0.4) is 0 Å². The molecule has 128 valence electrons. The highest BCUT2D eigenvalue weighted by molar-refractivity contribution is 6.05. The summed E-state index contributed by atoms with van der Waals surface area (Å²) in [7, 11) is 1.73. The van der Waals surface area contributed by atoms with Gasteiger partial charge in [0, 0.05) is 24.8 Å². The monoisotopic (exact) mass is 337 g/mol. The summed E-state index contributed by atoms with van der Waals surface area (Å²) >= 11 is 0. The van der Waals surface area contributed by atoms with Gasteiger partial charge >= 0.3 is 5.97 Å². The molecule has 0 aliphatic carbocycles. The predicted octanol–water partition coefficient (Wildman–Crippen LogP) is 3.30. The number of hydrogen-bond donors (Lipinski definition) is 2. The average Bonchev–Trinajstić information content (AvgIpc) is 2.60. The molecule has 6 nitrogen and oxygen atoms in total. The Balaban J connectivity index is 2.23. The van der Waals surface area contributed by atoms with Crippen LogP contribution >= 0.6 is 0 Å². The molecular formula is C19H19N3O3. The van der Waals surface area contributed by atoms with E-state index < -0.39 is 5.97 Å². The Kier molecular flexibility index (Phi) is 5.75. The zero-order chi connectivity index (χ0) is 18.4. The Morgan fingerprint density at radius 2 is 1.88 bits per heavy atom. The number of hydrogen-bond acceptors (Lipinski definition) is 4. The molecule has 2 aromatic rings. The van der Waals surface area contributed by atoms with Crippen molar-refractivity contribution in [2.75, 3.05) is 23.8 Å². The molecule has 0 saturated heterocycles. The second-order valence-corrected chi connectivity index (χ2v) is 5.69. The number of anilines is 2. The van der Waals surface area contributed by atoms with Gasteiger partial charge in [-0.05, 0) is 37.3 Å². The lowest BCUT2D eigenvalue weighted by Crippen LogP contribution is -2.21. The summed E-state index contributed by atoms with van der Waals surface area (Å²) in [5.41, 5.74) is 2.52. The molecule has 0 fully saturated rings. The molecule has 0 bridgehead atoms. The number of carboxylic acids is 1. The number of aromatic carboxylic acids is 1. The first-order chi connectivity index (χ1) is 11.9. The number of carboxylic acid groups (broad SMARTS) is 1. The van der Waals surface area contributed by atoms with Crippen LogP contribution in [0.2, 0.25) is 0 Å². The smallest absolute Gasteiger partial charge is 0.337 e.